The van der Waals surface area contributed by atoms with Gasteiger partial charge in [0, 0.05) is 39.3 Å². The Kier molecular flexibility index (Phi) is 4.82. The second-order valence-electron chi connectivity index (χ2n) is 6.23. The number of carbonyl (C=O) groups is 1. The molecule has 0 aromatic heterocycles. The van der Waals surface area contributed by atoms with Crippen LogP contribution in [0.1, 0.15) is 23.6 Å². The van der Waals surface area contributed by atoms with Crippen LogP contribution in [0.2, 0.25) is 0 Å². The minimum Gasteiger partial charge on any atom is -0.494 e. The van der Waals surface area contributed by atoms with E-state index in [1.165, 1.54) is 12.7 Å². The van der Waals surface area contributed by atoms with Crippen LogP contribution in [-0.2, 0) is 11.2 Å². The SMILES string of the molecule is CNC(=O)CN1CCN(C2CCc3cc(F)c(OC)cc32)CC1. The number of methoxy groups -OCH3 is 1. The number of aryl methyl sites for hydroxylation is 1. The van der Waals surface area contributed by atoms with Gasteiger partial charge < -0.3 is 10.1 Å². The summed E-state index contributed by atoms with van der Waals surface area (Å²) in [4.78, 5) is 16.1. The Morgan fingerprint density at radius 1 is 1.35 bits per heavy atom. The predicted octanol–water partition coefficient (Wildman–Crippen LogP) is 1.19. The van der Waals surface area contributed by atoms with Gasteiger partial charge in [-0.15, -0.1) is 0 Å². The number of hydrogen-bond donors (Lipinski definition) is 1. The van der Waals surface area contributed by atoms with Crippen molar-refractivity contribution in [3.05, 3.63) is 29.1 Å². The zero-order valence-corrected chi connectivity index (χ0v) is 13.8. The normalized spacial score (nSPS) is 22.0. The lowest BCUT2D eigenvalue weighted by Gasteiger charge is -2.38. The number of fused-ring (bicyclic) bond motifs is 1. The van der Waals surface area contributed by atoms with E-state index in [0.29, 0.717) is 18.3 Å². The number of piperazine rings is 1. The number of amides is 1. The molecule has 1 aliphatic heterocycles. The lowest BCUT2D eigenvalue weighted by Crippen LogP contribution is -2.49. The summed E-state index contributed by atoms with van der Waals surface area (Å²) in [5, 5.41) is 2.67. The quantitative estimate of drug-likeness (QED) is 0.905. The van der Waals surface area contributed by atoms with Gasteiger partial charge in [-0.05, 0) is 36.1 Å². The van der Waals surface area contributed by atoms with Crippen LogP contribution in [0.5, 0.6) is 5.75 Å². The van der Waals surface area contributed by atoms with E-state index in [1.54, 1.807) is 13.1 Å². The fourth-order valence-corrected chi connectivity index (χ4v) is 3.64. The highest BCUT2D eigenvalue weighted by molar-refractivity contribution is 5.77. The van der Waals surface area contributed by atoms with Crippen molar-refractivity contribution in [3.8, 4) is 5.75 Å². The number of benzene rings is 1. The number of halogens is 1. The first-order chi connectivity index (χ1) is 11.1. The number of hydrogen-bond acceptors (Lipinski definition) is 4. The zero-order valence-electron chi connectivity index (χ0n) is 13.8. The molecule has 126 valence electrons. The molecule has 1 N–H and O–H groups in total. The van der Waals surface area contributed by atoms with Gasteiger partial charge in [-0.25, -0.2) is 4.39 Å². The molecule has 5 nitrogen and oxygen atoms in total. The van der Waals surface area contributed by atoms with Gasteiger partial charge in [0.1, 0.15) is 0 Å². The summed E-state index contributed by atoms with van der Waals surface area (Å²) < 4.78 is 19.0. The standard InChI is InChI=1S/C17H24FN3O2/c1-19-17(22)11-20-5-7-21(8-6-20)15-4-3-12-9-14(18)16(23-2)10-13(12)15/h9-10,15H,3-8,11H2,1-2H3,(H,19,22). The van der Waals surface area contributed by atoms with Gasteiger partial charge in [0.05, 0.1) is 13.7 Å². The molecule has 1 aromatic carbocycles. The highest BCUT2D eigenvalue weighted by Gasteiger charge is 2.31. The molecule has 0 bridgehead atoms. The first-order valence-electron chi connectivity index (χ1n) is 8.15. The Morgan fingerprint density at radius 3 is 2.74 bits per heavy atom. The van der Waals surface area contributed by atoms with E-state index in [0.717, 1.165) is 44.6 Å². The summed E-state index contributed by atoms with van der Waals surface area (Å²) in [6.45, 7) is 4.10. The van der Waals surface area contributed by atoms with Crippen LogP contribution < -0.4 is 10.1 Å². The molecule has 1 heterocycles. The summed E-state index contributed by atoms with van der Waals surface area (Å²) in [7, 11) is 3.17. The van der Waals surface area contributed by atoms with Crippen molar-refractivity contribution in [3.63, 3.8) is 0 Å². The van der Waals surface area contributed by atoms with Crippen LogP contribution in [0.25, 0.3) is 0 Å². The third kappa shape index (κ3) is 3.33. The van der Waals surface area contributed by atoms with Crippen molar-refractivity contribution in [2.45, 2.75) is 18.9 Å². The third-order valence-electron chi connectivity index (χ3n) is 4.95. The van der Waals surface area contributed by atoms with Crippen molar-refractivity contribution in [1.82, 2.24) is 15.1 Å². The Bertz CT molecular complexity index is 585. The number of carbonyl (C=O) groups excluding carboxylic acids is 1. The smallest absolute Gasteiger partial charge is 0.233 e. The lowest BCUT2D eigenvalue weighted by molar-refractivity contribution is -0.122. The van der Waals surface area contributed by atoms with E-state index >= 15 is 0 Å². The van der Waals surface area contributed by atoms with Gasteiger partial charge in [-0.1, -0.05) is 0 Å². The Morgan fingerprint density at radius 2 is 2.09 bits per heavy atom. The number of nitrogens with zero attached hydrogens (tertiary/aromatic N) is 2. The summed E-state index contributed by atoms with van der Waals surface area (Å²) in [6, 6.07) is 3.82. The highest BCUT2D eigenvalue weighted by atomic mass is 19.1. The van der Waals surface area contributed by atoms with Crippen LogP contribution in [0.15, 0.2) is 12.1 Å². The highest BCUT2D eigenvalue weighted by Crippen LogP contribution is 2.39. The predicted molar refractivity (Wildman–Crippen MR) is 86.1 cm³/mol. The maximum Gasteiger partial charge on any atom is 0.233 e. The monoisotopic (exact) mass is 321 g/mol. The topological polar surface area (TPSA) is 44.8 Å². The molecule has 0 saturated carbocycles. The Balaban J connectivity index is 1.66. The molecule has 1 aliphatic carbocycles. The van der Waals surface area contributed by atoms with Gasteiger partial charge in [0.15, 0.2) is 11.6 Å². The number of rotatable bonds is 4. The maximum atomic E-state index is 13.8. The number of nitrogens with one attached hydrogen (secondary N) is 1. The van der Waals surface area contributed by atoms with E-state index < -0.39 is 0 Å². The molecule has 1 unspecified atom stereocenters. The van der Waals surface area contributed by atoms with Crippen LogP contribution in [0, 0.1) is 5.82 Å². The molecular formula is C17H24FN3O2. The lowest BCUT2D eigenvalue weighted by atomic mass is 10.1. The minimum absolute atomic E-state index is 0.0601. The van der Waals surface area contributed by atoms with Crippen molar-refractivity contribution in [2.75, 3.05) is 46.9 Å². The van der Waals surface area contributed by atoms with Crippen LogP contribution in [-0.4, -0.2) is 62.6 Å². The van der Waals surface area contributed by atoms with Crippen LogP contribution in [0.3, 0.4) is 0 Å². The van der Waals surface area contributed by atoms with Gasteiger partial charge in [-0.2, -0.15) is 0 Å². The van der Waals surface area contributed by atoms with Crippen molar-refractivity contribution >= 4 is 5.91 Å². The molecule has 1 saturated heterocycles. The minimum atomic E-state index is -0.276. The van der Waals surface area contributed by atoms with Gasteiger partial charge >= 0.3 is 0 Å². The van der Waals surface area contributed by atoms with E-state index in [1.807, 2.05) is 6.07 Å². The molecule has 2 aliphatic rings. The molecule has 3 rings (SSSR count). The molecule has 0 spiro atoms. The summed E-state index contributed by atoms with van der Waals surface area (Å²) >= 11 is 0. The molecule has 1 aromatic rings. The van der Waals surface area contributed by atoms with Crippen LogP contribution in [0.4, 0.5) is 4.39 Å². The summed E-state index contributed by atoms with van der Waals surface area (Å²) in [5.74, 6) is 0.112. The number of likely N-dealkylation sites (N-methyl/N-ethyl adjacent to an activating group) is 1. The third-order valence-corrected chi connectivity index (χ3v) is 4.95. The molecule has 1 atom stereocenters. The van der Waals surface area contributed by atoms with E-state index in [2.05, 4.69) is 15.1 Å². The molecule has 1 amide bonds. The molecule has 0 radical (unpaired) electrons. The van der Waals surface area contributed by atoms with Crippen molar-refractivity contribution < 1.29 is 13.9 Å². The van der Waals surface area contributed by atoms with E-state index in [9.17, 15) is 9.18 Å². The average Bonchev–Trinajstić information content (AvgIpc) is 2.97. The maximum absolute atomic E-state index is 13.8. The van der Waals surface area contributed by atoms with E-state index in [-0.39, 0.29) is 11.7 Å². The molecular weight excluding hydrogens is 297 g/mol. The molecule has 6 heteroatoms. The van der Waals surface area contributed by atoms with Gasteiger partial charge in [-0.3, -0.25) is 14.6 Å². The Labute approximate surface area is 136 Å². The first kappa shape index (κ1) is 16.2. The molecule has 23 heavy (non-hydrogen) atoms. The van der Waals surface area contributed by atoms with Crippen molar-refractivity contribution in [2.24, 2.45) is 0 Å². The largest absolute Gasteiger partial charge is 0.494 e. The number of ether oxygens (including phenoxy) is 1. The summed E-state index contributed by atoms with van der Waals surface area (Å²) in [5.41, 5.74) is 2.30. The fourth-order valence-electron chi connectivity index (χ4n) is 3.64. The van der Waals surface area contributed by atoms with Gasteiger partial charge in [0.2, 0.25) is 5.91 Å². The first-order valence-corrected chi connectivity index (χ1v) is 8.15. The Hall–Kier alpha value is -1.66. The second-order valence-corrected chi connectivity index (χ2v) is 6.23. The molecule has 1 fully saturated rings. The van der Waals surface area contributed by atoms with E-state index in [4.69, 9.17) is 4.74 Å². The average molecular weight is 321 g/mol. The van der Waals surface area contributed by atoms with Crippen molar-refractivity contribution in [1.29, 1.82) is 0 Å². The van der Waals surface area contributed by atoms with Gasteiger partial charge in [0.25, 0.3) is 0 Å². The van der Waals surface area contributed by atoms with Crippen LogP contribution >= 0.6 is 0 Å². The summed E-state index contributed by atoms with van der Waals surface area (Å²) in [6.07, 6.45) is 1.94. The fraction of sp³-hybridized carbons (Fsp3) is 0.588. The second kappa shape index (κ2) is 6.84. The zero-order chi connectivity index (χ0) is 16.4.